The second-order valence-electron chi connectivity index (χ2n) is 4.12. The van der Waals surface area contributed by atoms with E-state index in [1.807, 2.05) is 4.90 Å². The molecule has 0 saturated carbocycles. The molecule has 1 aromatic rings. The first-order chi connectivity index (χ1) is 8.08. The fourth-order valence-corrected chi connectivity index (χ4v) is 2.60. The van der Waals surface area contributed by atoms with E-state index in [-0.39, 0.29) is 6.61 Å². The summed E-state index contributed by atoms with van der Waals surface area (Å²) in [6.07, 6.45) is 0.457. The minimum atomic E-state index is -0.0930. The summed E-state index contributed by atoms with van der Waals surface area (Å²) in [7, 11) is 0. The highest BCUT2D eigenvalue weighted by molar-refractivity contribution is 7.16. The van der Waals surface area contributed by atoms with Crippen LogP contribution in [0.5, 0.6) is 0 Å². The van der Waals surface area contributed by atoms with Crippen LogP contribution in [0.3, 0.4) is 0 Å². The number of hydrogen-bond acceptors (Lipinski definition) is 5. The van der Waals surface area contributed by atoms with Crippen molar-refractivity contribution in [2.45, 2.75) is 26.9 Å². The lowest BCUT2D eigenvalue weighted by Gasteiger charge is -2.22. The number of rotatable bonds is 6. The number of anilines is 1. The Balaban J connectivity index is 2.83. The summed E-state index contributed by atoms with van der Waals surface area (Å²) in [6.45, 7) is 5.60. The molecule has 0 aromatic carbocycles. The van der Waals surface area contributed by atoms with Crippen LogP contribution < -0.4 is 4.90 Å². The van der Waals surface area contributed by atoms with Crippen LogP contribution in [0.1, 0.15) is 25.1 Å². The van der Waals surface area contributed by atoms with Crippen LogP contribution >= 0.6 is 22.9 Å². The average Bonchev–Trinajstić information content (AvgIpc) is 2.65. The topological polar surface area (TPSA) is 60.2 Å². The highest BCUT2D eigenvalue weighted by atomic mass is 35.5. The number of hydrogen-bond donors (Lipinski definition) is 1. The fraction of sp³-hybridized carbons (Fsp3) is 0.636. The number of aromatic nitrogens is 1. The van der Waals surface area contributed by atoms with Gasteiger partial charge in [0.1, 0.15) is 5.15 Å². The molecule has 0 aliphatic carbocycles. The van der Waals surface area contributed by atoms with E-state index in [2.05, 4.69) is 24.9 Å². The molecule has 0 unspecified atom stereocenters. The average molecular weight is 274 g/mol. The molecule has 1 aromatic heterocycles. The maximum Gasteiger partial charge on any atom is 0.187 e. The van der Waals surface area contributed by atoms with Gasteiger partial charge in [0.2, 0.25) is 0 Å². The van der Waals surface area contributed by atoms with Gasteiger partial charge in [0.05, 0.1) is 24.0 Å². The Kier molecular flexibility index (Phi) is 5.69. The third-order valence-corrected chi connectivity index (χ3v) is 3.66. The summed E-state index contributed by atoms with van der Waals surface area (Å²) >= 11 is 7.29. The first kappa shape index (κ1) is 14.2. The van der Waals surface area contributed by atoms with Gasteiger partial charge in [-0.1, -0.05) is 36.8 Å². The van der Waals surface area contributed by atoms with E-state index < -0.39 is 0 Å². The van der Waals surface area contributed by atoms with Gasteiger partial charge in [-0.2, -0.15) is 5.26 Å². The minimum Gasteiger partial charge on any atom is -0.391 e. The molecule has 4 nitrogen and oxygen atoms in total. The summed E-state index contributed by atoms with van der Waals surface area (Å²) in [5, 5.41) is 18.9. The predicted octanol–water partition coefficient (Wildman–Crippen LogP) is 2.66. The molecular weight excluding hydrogens is 258 g/mol. The van der Waals surface area contributed by atoms with Crippen LogP contribution in [-0.4, -0.2) is 23.2 Å². The standard InChI is InChI=1S/C11H16ClN3OS/c1-8(2)6-15(5-3-4-13)11-14-10(12)9(7-16)17-11/h8,16H,3,5-7H2,1-2H3. The van der Waals surface area contributed by atoms with Crippen molar-refractivity contribution < 1.29 is 5.11 Å². The highest BCUT2D eigenvalue weighted by Crippen LogP contribution is 2.30. The quantitative estimate of drug-likeness (QED) is 0.866. The molecule has 0 saturated heterocycles. The highest BCUT2D eigenvalue weighted by Gasteiger charge is 2.15. The lowest BCUT2D eigenvalue weighted by Crippen LogP contribution is -2.28. The molecule has 1 heterocycles. The molecule has 0 bridgehead atoms. The van der Waals surface area contributed by atoms with Crippen molar-refractivity contribution in [3.8, 4) is 6.07 Å². The van der Waals surface area contributed by atoms with E-state index in [0.717, 1.165) is 11.7 Å². The lowest BCUT2D eigenvalue weighted by atomic mass is 10.2. The van der Waals surface area contributed by atoms with Crippen molar-refractivity contribution >= 4 is 28.1 Å². The van der Waals surface area contributed by atoms with Gasteiger partial charge in [0.25, 0.3) is 0 Å². The Morgan fingerprint density at radius 3 is 2.76 bits per heavy atom. The van der Waals surface area contributed by atoms with Crippen molar-refractivity contribution in [3.05, 3.63) is 10.0 Å². The number of halogens is 1. The van der Waals surface area contributed by atoms with Gasteiger partial charge in [0, 0.05) is 13.1 Å². The largest absolute Gasteiger partial charge is 0.391 e. The summed E-state index contributed by atoms with van der Waals surface area (Å²) < 4.78 is 0. The molecule has 0 amide bonds. The fourth-order valence-electron chi connectivity index (χ4n) is 1.44. The van der Waals surface area contributed by atoms with Crippen molar-refractivity contribution in [1.82, 2.24) is 4.98 Å². The molecule has 0 aliphatic rings. The SMILES string of the molecule is CC(C)CN(CCC#N)c1nc(Cl)c(CO)s1. The molecule has 1 rings (SSSR count). The smallest absolute Gasteiger partial charge is 0.187 e. The second-order valence-corrected chi connectivity index (χ2v) is 5.54. The minimum absolute atomic E-state index is 0.0930. The molecule has 94 valence electrons. The van der Waals surface area contributed by atoms with Crippen LogP contribution in [0.2, 0.25) is 5.15 Å². The van der Waals surface area contributed by atoms with E-state index >= 15 is 0 Å². The molecule has 0 atom stereocenters. The van der Waals surface area contributed by atoms with Gasteiger partial charge in [-0.15, -0.1) is 0 Å². The van der Waals surface area contributed by atoms with Gasteiger partial charge >= 0.3 is 0 Å². The maximum absolute atomic E-state index is 9.09. The normalized spacial score (nSPS) is 10.6. The maximum atomic E-state index is 9.09. The Morgan fingerprint density at radius 2 is 2.29 bits per heavy atom. The summed E-state index contributed by atoms with van der Waals surface area (Å²) in [6, 6.07) is 2.13. The van der Waals surface area contributed by atoms with Crippen LogP contribution in [0, 0.1) is 17.2 Å². The Morgan fingerprint density at radius 1 is 1.59 bits per heavy atom. The van der Waals surface area contributed by atoms with Gasteiger partial charge in [-0.3, -0.25) is 0 Å². The van der Waals surface area contributed by atoms with Crippen LogP contribution in [0.25, 0.3) is 0 Å². The zero-order valence-electron chi connectivity index (χ0n) is 9.98. The number of nitriles is 1. The van der Waals surface area contributed by atoms with Crippen molar-refractivity contribution in [1.29, 1.82) is 5.26 Å². The predicted molar refractivity (Wildman–Crippen MR) is 70.3 cm³/mol. The van der Waals surface area contributed by atoms with E-state index in [9.17, 15) is 0 Å². The first-order valence-corrected chi connectivity index (χ1v) is 6.65. The second kappa shape index (κ2) is 6.80. The molecular formula is C11H16ClN3OS. The molecule has 0 spiro atoms. The molecule has 0 fully saturated rings. The lowest BCUT2D eigenvalue weighted by molar-refractivity contribution is 0.285. The Hall–Kier alpha value is -0.830. The van der Waals surface area contributed by atoms with Gasteiger partial charge in [-0.05, 0) is 5.92 Å². The van der Waals surface area contributed by atoms with Crippen molar-refractivity contribution in [2.75, 3.05) is 18.0 Å². The first-order valence-electron chi connectivity index (χ1n) is 5.46. The summed E-state index contributed by atoms with van der Waals surface area (Å²) in [5.41, 5.74) is 0. The van der Waals surface area contributed by atoms with E-state index in [0.29, 0.717) is 28.9 Å². The summed E-state index contributed by atoms with van der Waals surface area (Å²) in [4.78, 5) is 6.95. The van der Waals surface area contributed by atoms with Crippen LogP contribution in [0.4, 0.5) is 5.13 Å². The van der Waals surface area contributed by atoms with Crippen LogP contribution in [-0.2, 0) is 6.61 Å². The number of aliphatic hydroxyl groups excluding tert-OH is 1. The number of aliphatic hydroxyl groups is 1. The van der Waals surface area contributed by atoms with Gasteiger partial charge in [-0.25, -0.2) is 4.98 Å². The molecule has 17 heavy (non-hydrogen) atoms. The third-order valence-electron chi connectivity index (χ3n) is 2.13. The molecule has 0 aliphatic heterocycles. The number of thiazole rings is 1. The third kappa shape index (κ3) is 4.15. The number of nitrogens with zero attached hydrogens (tertiary/aromatic N) is 3. The monoisotopic (exact) mass is 273 g/mol. The Labute approximate surface area is 110 Å². The molecule has 0 radical (unpaired) electrons. The van der Waals surface area contributed by atoms with Gasteiger partial charge in [0.15, 0.2) is 5.13 Å². The summed E-state index contributed by atoms with van der Waals surface area (Å²) in [5.74, 6) is 0.481. The van der Waals surface area contributed by atoms with Crippen LogP contribution in [0.15, 0.2) is 0 Å². The zero-order chi connectivity index (χ0) is 12.8. The molecule has 1 N–H and O–H groups in total. The van der Waals surface area contributed by atoms with Crippen molar-refractivity contribution in [3.63, 3.8) is 0 Å². The van der Waals surface area contributed by atoms with E-state index in [1.165, 1.54) is 11.3 Å². The van der Waals surface area contributed by atoms with Gasteiger partial charge < -0.3 is 10.0 Å². The Bertz CT molecular complexity index is 400. The van der Waals surface area contributed by atoms with E-state index in [4.69, 9.17) is 22.0 Å². The van der Waals surface area contributed by atoms with E-state index in [1.54, 1.807) is 0 Å². The van der Waals surface area contributed by atoms with Crippen molar-refractivity contribution in [2.24, 2.45) is 5.92 Å². The molecule has 6 heteroatoms. The zero-order valence-corrected chi connectivity index (χ0v) is 11.6.